The molecule has 2 unspecified atom stereocenters. The van der Waals surface area contributed by atoms with Gasteiger partial charge in [0, 0.05) is 0 Å². The van der Waals surface area contributed by atoms with E-state index in [1.54, 1.807) is 20.8 Å². The average Bonchev–Trinajstić information content (AvgIpc) is 2.97. The fourth-order valence-corrected chi connectivity index (χ4v) is 5.47. The standard InChI is InChI=1S/C17H29NO7Si/c1-16(2,3)24-15(22)18-10-8-9-11(18)17(14(21)23-4,12(10)13(19)20)25-26(5,6)7/h10-12H,8-9H2,1-7H3,(H,19,20)/t10-,11+,12?,17?/m0/s1. The molecule has 2 saturated heterocycles. The number of aliphatic carboxylic acids is 1. The van der Waals surface area contributed by atoms with Gasteiger partial charge in [0.2, 0.25) is 0 Å². The second kappa shape index (κ2) is 6.52. The van der Waals surface area contributed by atoms with Crippen molar-refractivity contribution in [1.29, 1.82) is 0 Å². The molecule has 26 heavy (non-hydrogen) atoms. The normalized spacial score (nSPS) is 31.0. The van der Waals surface area contributed by atoms with E-state index in [2.05, 4.69) is 0 Å². The number of esters is 1. The molecule has 9 heteroatoms. The maximum atomic E-state index is 12.8. The van der Waals surface area contributed by atoms with Gasteiger partial charge in [-0.25, -0.2) is 9.59 Å². The third-order valence-corrected chi connectivity index (χ3v) is 5.57. The Labute approximate surface area is 154 Å². The Balaban J connectivity index is 2.54. The second-order valence-corrected chi connectivity index (χ2v) is 13.3. The van der Waals surface area contributed by atoms with Crippen molar-refractivity contribution in [3.63, 3.8) is 0 Å². The van der Waals surface area contributed by atoms with Crippen molar-refractivity contribution in [3.8, 4) is 0 Å². The first-order valence-corrected chi connectivity index (χ1v) is 12.2. The molecule has 148 valence electrons. The molecule has 0 spiro atoms. The number of rotatable bonds is 4. The Morgan fingerprint density at radius 1 is 1.15 bits per heavy atom. The van der Waals surface area contributed by atoms with Gasteiger partial charge in [0.05, 0.1) is 19.2 Å². The van der Waals surface area contributed by atoms with Crippen LogP contribution in [-0.2, 0) is 23.5 Å². The molecule has 8 nitrogen and oxygen atoms in total. The first-order valence-electron chi connectivity index (χ1n) is 8.77. The van der Waals surface area contributed by atoms with Gasteiger partial charge in [0.1, 0.15) is 11.5 Å². The highest BCUT2D eigenvalue weighted by Crippen LogP contribution is 2.52. The van der Waals surface area contributed by atoms with Crippen LogP contribution in [-0.4, -0.2) is 66.8 Å². The molecule has 2 aliphatic rings. The number of nitrogens with zero attached hydrogens (tertiary/aromatic N) is 1. The SMILES string of the molecule is COC(=O)C1(O[Si](C)(C)C)C(C(=O)O)[C@@H]2CC[C@H]1N2C(=O)OC(C)(C)C. The number of carbonyl (C=O) groups is 3. The molecule has 2 bridgehead atoms. The zero-order valence-electron chi connectivity index (χ0n) is 16.5. The van der Waals surface area contributed by atoms with E-state index in [1.165, 1.54) is 12.0 Å². The molecule has 2 rings (SSSR count). The Hall–Kier alpha value is -1.61. The average molecular weight is 388 g/mol. The van der Waals surface area contributed by atoms with Gasteiger partial charge in [-0.2, -0.15) is 0 Å². The van der Waals surface area contributed by atoms with Gasteiger partial charge >= 0.3 is 18.0 Å². The maximum absolute atomic E-state index is 12.8. The summed E-state index contributed by atoms with van der Waals surface area (Å²) in [4.78, 5) is 39.1. The third kappa shape index (κ3) is 3.46. The number of methoxy groups -OCH3 is 1. The second-order valence-electron chi connectivity index (χ2n) is 8.86. The molecule has 0 radical (unpaired) electrons. The van der Waals surface area contributed by atoms with Gasteiger partial charge in [0.15, 0.2) is 13.9 Å². The molecule has 0 aromatic heterocycles. The predicted molar refractivity (Wildman–Crippen MR) is 95.2 cm³/mol. The Morgan fingerprint density at radius 3 is 2.15 bits per heavy atom. The van der Waals surface area contributed by atoms with Crippen molar-refractivity contribution in [1.82, 2.24) is 4.90 Å². The van der Waals surface area contributed by atoms with E-state index in [0.717, 1.165) is 0 Å². The van der Waals surface area contributed by atoms with Gasteiger partial charge in [-0.05, 0) is 53.3 Å². The molecule has 2 aliphatic heterocycles. The van der Waals surface area contributed by atoms with Crippen LogP contribution >= 0.6 is 0 Å². The molecule has 1 amide bonds. The van der Waals surface area contributed by atoms with Crippen LogP contribution in [0.25, 0.3) is 0 Å². The number of carboxylic acid groups (broad SMARTS) is 1. The van der Waals surface area contributed by atoms with Crippen LogP contribution in [0.5, 0.6) is 0 Å². The number of fused-ring (bicyclic) bond motifs is 2. The number of hydrogen-bond donors (Lipinski definition) is 1. The molecule has 0 aromatic rings. The van der Waals surface area contributed by atoms with E-state index >= 15 is 0 Å². The zero-order valence-corrected chi connectivity index (χ0v) is 17.5. The Kier molecular flexibility index (Phi) is 5.19. The van der Waals surface area contributed by atoms with E-state index in [0.29, 0.717) is 12.8 Å². The Bertz CT molecular complexity index is 609. The van der Waals surface area contributed by atoms with Gasteiger partial charge < -0.3 is 19.0 Å². The molecule has 2 fully saturated rings. The number of carbonyl (C=O) groups excluding carboxylic acids is 2. The van der Waals surface area contributed by atoms with E-state index in [9.17, 15) is 19.5 Å². The summed E-state index contributed by atoms with van der Waals surface area (Å²) in [6.45, 7) is 10.8. The molecular weight excluding hydrogens is 358 g/mol. The molecule has 0 aliphatic carbocycles. The van der Waals surface area contributed by atoms with Crippen LogP contribution in [0.15, 0.2) is 0 Å². The summed E-state index contributed by atoms with van der Waals surface area (Å²) in [6, 6.07) is -1.38. The van der Waals surface area contributed by atoms with Crippen molar-refractivity contribution >= 4 is 26.3 Å². The summed E-state index contributed by atoms with van der Waals surface area (Å²) in [5.41, 5.74) is -2.43. The number of amides is 1. The minimum atomic E-state index is -2.35. The maximum Gasteiger partial charge on any atom is 0.410 e. The van der Waals surface area contributed by atoms with Crippen LogP contribution in [0.1, 0.15) is 33.6 Å². The highest BCUT2D eigenvalue weighted by Gasteiger charge is 2.73. The van der Waals surface area contributed by atoms with Crippen LogP contribution < -0.4 is 0 Å². The predicted octanol–water partition coefficient (Wildman–Crippen LogP) is 2.23. The van der Waals surface area contributed by atoms with Crippen molar-refractivity contribution in [2.45, 2.75) is 76.5 Å². The lowest BCUT2D eigenvalue weighted by Crippen LogP contribution is -2.62. The first-order chi connectivity index (χ1) is 11.7. The summed E-state index contributed by atoms with van der Waals surface area (Å²) in [7, 11) is -1.14. The minimum absolute atomic E-state index is 0.466. The van der Waals surface area contributed by atoms with Crippen LogP contribution in [0.2, 0.25) is 19.6 Å². The lowest BCUT2D eigenvalue weighted by atomic mass is 9.75. The van der Waals surface area contributed by atoms with Gasteiger partial charge in [-0.15, -0.1) is 0 Å². The fourth-order valence-electron chi connectivity index (χ4n) is 4.11. The molecule has 1 N–H and O–H groups in total. The van der Waals surface area contributed by atoms with Crippen molar-refractivity contribution in [3.05, 3.63) is 0 Å². The van der Waals surface area contributed by atoms with Crippen molar-refractivity contribution < 1.29 is 33.4 Å². The fraction of sp³-hybridized carbons (Fsp3) is 0.824. The van der Waals surface area contributed by atoms with Gasteiger partial charge in [-0.1, -0.05) is 0 Å². The third-order valence-electron chi connectivity index (χ3n) is 4.62. The number of ether oxygens (including phenoxy) is 2. The summed E-state index contributed by atoms with van der Waals surface area (Å²) in [5, 5.41) is 9.89. The van der Waals surface area contributed by atoms with Gasteiger partial charge in [0.25, 0.3) is 0 Å². The number of hydrogen-bond acceptors (Lipinski definition) is 6. The lowest BCUT2D eigenvalue weighted by Gasteiger charge is -2.41. The largest absolute Gasteiger partial charge is 0.481 e. The molecule has 4 atom stereocenters. The Morgan fingerprint density at radius 2 is 1.73 bits per heavy atom. The summed E-state index contributed by atoms with van der Waals surface area (Å²) in [5.74, 6) is -3.10. The summed E-state index contributed by atoms with van der Waals surface area (Å²) >= 11 is 0. The smallest absolute Gasteiger partial charge is 0.410 e. The van der Waals surface area contributed by atoms with Crippen molar-refractivity contribution in [2.75, 3.05) is 7.11 Å². The topological polar surface area (TPSA) is 102 Å². The summed E-state index contributed by atoms with van der Waals surface area (Å²) < 4.78 is 16.6. The van der Waals surface area contributed by atoms with E-state index in [1.807, 2.05) is 19.6 Å². The summed E-state index contributed by atoms with van der Waals surface area (Å²) in [6.07, 6.45) is 0.322. The van der Waals surface area contributed by atoms with Crippen LogP contribution in [0, 0.1) is 5.92 Å². The van der Waals surface area contributed by atoms with Crippen molar-refractivity contribution in [2.24, 2.45) is 5.92 Å². The highest BCUT2D eigenvalue weighted by atomic mass is 28.4. The first kappa shape index (κ1) is 20.7. The monoisotopic (exact) mass is 387 g/mol. The van der Waals surface area contributed by atoms with Crippen LogP contribution in [0.4, 0.5) is 4.79 Å². The van der Waals surface area contributed by atoms with E-state index < -0.39 is 55.6 Å². The highest BCUT2D eigenvalue weighted by molar-refractivity contribution is 6.70. The van der Waals surface area contributed by atoms with E-state index in [4.69, 9.17) is 13.9 Å². The molecule has 0 saturated carbocycles. The minimum Gasteiger partial charge on any atom is -0.481 e. The van der Waals surface area contributed by atoms with Crippen LogP contribution in [0.3, 0.4) is 0 Å². The quantitative estimate of drug-likeness (QED) is 0.583. The zero-order chi connectivity index (χ0) is 20.1. The molecule has 2 heterocycles. The van der Waals surface area contributed by atoms with E-state index in [-0.39, 0.29) is 0 Å². The molecule has 0 aromatic carbocycles. The lowest BCUT2D eigenvalue weighted by molar-refractivity contribution is -0.175. The van der Waals surface area contributed by atoms with Gasteiger partial charge in [-0.3, -0.25) is 9.69 Å². The molecular formula is C17H29NO7Si. The number of carboxylic acids is 1.